The molecule has 2 heterocycles. The van der Waals surface area contributed by atoms with Crippen LogP contribution in [0.15, 0.2) is 48.7 Å². The average Bonchev–Trinajstić information content (AvgIpc) is 2.84. The van der Waals surface area contributed by atoms with E-state index in [1.54, 1.807) is 6.20 Å². The van der Waals surface area contributed by atoms with Crippen LogP contribution in [0.5, 0.6) is 0 Å². The Morgan fingerprint density at radius 2 is 2.13 bits per heavy atom. The summed E-state index contributed by atoms with van der Waals surface area (Å²) in [5.74, 6) is 0. The molecule has 5 heteroatoms. The Balaban J connectivity index is 1.63. The third-order valence-electron chi connectivity index (χ3n) is 4.35. The molecule has 0 radical (unpaired) electrons. The molecule has 1 atom stereocenters. The van der Waals surface area contributed by atoms with Crippen molar-refractivity contribution in [3.63, 3.8) is 0 Å². The van der Waals surface area contributed by atoms with Gasteiger partial charge in [-0.05, 0) is 42.8 Å². The summed E-state index contributed by atoms with van der Waals surface area (Å²) in [6.07, 6.45) is 1.67. The smallest absolute Gasteiger partial charge is 0.0703 e. The Hall–Kier alpha value is -2.30. The van der Waals surface area contributed by atoms with Crippen LogP contribution in [0.3, 0.4) is 0 Å². The Labute approximate surface area is 139 Å². The molecular formula is C18H17ClN4. The summed E-state index contributed by atoms with van der Waals surface area (Å²) in [5, 5.41) is 3.90. The van der Waals surface area contributed by atoms with Crippen molar-refractivity contribution in [2.24, 2.45) is 0 Å². The molecule has 1 aromatic heterocycles. The highest BCUT2D eigenvalue weighted by atomic mass is 35.5. The van der Waals surface area contributed by atoms with Crippen LogP contribution in [0.4, 0.5) is 11.4 Å². The van der Waals surface area contributed by atoms with E-state index in [4.69, 9.17) is 17.3 Å². The number of fused-ring (bicyclic) bond motifs is 2. The third-order valence-corrected chi connectivity index (χ3v) is 4.56. The highest BCUT2D eigenvalue weighted by Crippen LogP contribution is 2.39. The first kappa shape index (κ1) is 14.3. The molecule has 0 aliphatic carbocycles. The fourth-order valence-corrected chi connectivity index (χ4v) is 3.35. The van der Waals surface area contributed by atoms with Gasteiger partial charge in [-0.15, -0.1) is 0 Å². The van der Waals surface area contributed by atoms with Gasteiger partial charge in [0.05, 0.1) is 22.3 Å². The van der Waals surface area contributed by atoms with Gasteiger partial charge in [0, 0.05) is 29.4 Å². The van der Waals surface area contributed by atoms with Gasteiger partial charge in [-0.25, -0.2) is 5.01 Å². The SMILES string of the molecule is CC1c2c(N)cccc2NN1Cc1ccc2ncc(Cl)cc2c1. The maximum Gasteiger partial charge on any atom is 0.0703 e. The Morgan fingerprint density at radius 1 is 1.26 bits per heavy atom. The van der Waals surface area contributed by atoms with E-state index in [2.05, 4.69) is 40.5 Å². The topological polar surface area (TPSA) is 54.2 Å². The number of nitrogens with two attached hydrogens (primary N) is 1. The lowest BCUT2D eigenvalue weighted by Gasteiger charge is -2.22. The third kappa shape index (κ3) is 2.50. The molecule has 4 nitrogen and oxygen atoms in total. The number of nitrogens with zero attached hydrogens (tertiary/aromatic N) is 2. The van der Waals surface area contributed by atoms with Crippen LogP contribution in [-0.2, 0) is 6.54 Å². The van der Waals surface area contributed by atoms with Gasteiger partial charge < -0.3 is 11.2 Å². The number of anilines is 2. The number of halogens is 1. The Kier molecular flexibility index (Phi) is 3.36. The molecular weight excluding hydrogens is 308 g/mol. The van der Waals surface area contributed by atoms with E-state index in [0.717, 1.165) is 34.4 Å². The predicted molar refractivity (Wildman–Crippen MR) is 95.2 cm³/mol. The minimum atomic E-state index is 0.222. The lowest BCUT2D eigenvalue weighted by Crippen LogP contribution is -2.26. The summed E-state index contributed by atoms with van der Waals surface area (Å²) < 4.78 is 0. The molecule has 116 valence electrons. The first-order valence-electron chi connectivity index (χ1n) is 7.58. The molecule has 0 fully saturated rings. The van der Waals surface area contributed by atoms with E-state index in [1.165, 1.54) is 5.56 Å². The highest BCUT2D eigenvalue weighted by molar-refractivity contribution is 6.31. The number of nitrogens with one attached hydrogen (secondary N) is 1. The molecule has 4 rings (SSSR count). The van der Waals surface area contributed by atoms with E-state index < -0.39 is 0 Å². The molecule has 0 spiro atoms. The van der Waals surface area contributed by atoms with Gasteiger partial charge >= 0.3 is 0 Å². The van der Waals surface area contributed by atoms with E-state index in [-0.39, 0.29) is 6.04 Å². The van der Waals surface area contributed by atoms with Crippen molar-refractivity contribution in [1.82, 2.24) is 9.99 Å². The second-order valence-corrected chi connectivity index (χ2v) is 6.34. The Bertz CT molecular complexity index is 893. The van der Waals surface area contributed by atoms with Crippen LogP contribution in [-0.4, -0.2) is 9.99 Å². The molecule has 0 saturated carbocycles. The van der Waals surface area contributed by atoms with E-state index in [9.17, 15) is 0 Å². The molecule has 3 aromatic rings. The first-order chi connectivity index (χ1) is 11.1. The van der Waals surface area contributed by atoms with Gasteiger partial charge in [0.2, 0.25) is 0 Å². The van der Waals surface area contributed by atoms with Crippen molar-refractivity contribution in [2.45, 2.75) is 19.5 Å². The monoisotopic (exact) mass is 324 g/mol. The zero-order valence-electron chi connectivity index (χ0n) is 12.8. The summed E-state index contributed by atoms with van der Waals surface area (Å²) in [7, 11) is 0. The number of aromatic nitrogens is 1. The van der Waals surface area contributed by atoms with Crippen molar-refractivity contribution in [2.75, 3.05) is 11.2 Å². The zero-order valence-corrected chi connectivity index (χ0v) is 13.5. The zero-order chi connectivity index (χ0) is 16.0. The van der Waals surface area contributed by atoms with E-state index in [1.807, 2.05) is 24.3 Å². The quantitative estimate of drug-likeness (QED) is 0.687. The second-order valence-electron chi connectivity index (χ2n) is 5.90. The summed E-state index contributed by atoms with van der Waals surface area (Å²) in [6, 6.07) is 14.4. The largest absolute Gasteiger partial charge is 0.398 e. The fourth-order valence-electron chi connectivity index (χ4n) is 3.18. The molecule has 1 aliphatic heterocycles. The minimum Gasteiger partial charge on any atom is -0.398 e. The van der Waals surface area contributed by atoms with Crippen molar-refractivity contribution < 1.29 is 0 Å². The molecule has 1 aliphatic rings. The van der Waals surface area contributed by atoms with Crippen LogP contribution in [0.1, 0.15) is 24.1 Å². The number of hydrogen-bond acceptors (Lipinski definition) is 4. The molecule has 1 unspecified atom stereocenters. The van der Waals surface area contributed by atoms with Crippen LogP contribution in [0, 0.1) is 0 Å². The van der Waals surface area contributed by atoms with Crippen LogP contribution < -0.4 is 11.2 Å². The number of rotatable bonds is 2. The number of benzene rings is 2. The van der Waals surface area contributed by atoms with Gasteiger partial charge in [0.1, 0.15) is 0 Å². The molecule has 23 heavy (non-hydrogen) atoms. The molecule has 3 N–H and O–H groups in total. The number of nitrogen functional groups attached to an aromatic ring is 1. The first-order valence-corrected chi connectivity index (χ1v) is 7.95. The predicted octanol–water partition coefficient (Wildman–Crippen LogP) is 4.37. The summed E-state index contributed by atoms with van der Waals surface area (Å²) in [5.41, 5.74) is 14.8. The molecule has 0 saturated heterocycles. The second kappa shape index (κ2) is 5.41. The normalized spacial score (nSPS) is 17.2. The van der Waals surface area contributed by atoms with Crippen molar-refractivity contribution in [3.8, 4) is 0 Å². The highest BCUT2D eigenvalue weighted by Gasteiger charge is 2.28. The Morgan fingerprint density at radius 3 is 2.96 bits per heavy atom. The minimum absolute atomic E-state index is 0.222. The van der Waals surface area contributed by atoms with Gasteiger partial charge in [0.25, 0.3) is 0 Å². The fraction of sp³-hybridized carbons (Fsp3) is 0.167. The summed E-state index contributed by atoms with van der Waals surface area (Å²) in [4.78, 5) is 4.33. The molecule has 0 bridgehead atoms. The van der Waals surface area contributed by atoms with Crippen molar-refractivity contribution >= 4 is 33.9 Å². The van der Waals surface area contributed by atoms with E-state index >= 15 is 0 Å². The lowest BCUT2D eigenvalue weighted by molar-refractivity contribution is 0.271. The van der Waals surface area contributed by atoms with Gasteiger partial charge in [-0.2, -0.15) is 0 Å². The summed E-state index contributed by atoms with van der Waals surface area (Å²) in [6.45, 7) is 2.94. The summed E-state index contributed by atoms with van der Waals surface area (Å²) >= 11 is 6.04. The average molecular weight is 325 g/mol. The lowest BCUT2D eigenvalue weighted by atomic mass is 10.1. The van der Waals surface area contributed by atoms with Crippen LogP contribution in [0.2, 0.25) is 5.02 Å². The standard InChI is InChI=1S/C18H17ClN4/c1-11-18-15(20)3-2-4-17(18)22-23(11)10-12-5-6-16-13(7-12)8-14(19)9-21-16/h2-9,11,22H,10,20H2,1H3. The van der Waals surface area contributed by atoms with Crippen LogP contribution in [0.25, 0.3) is 10.9 Å². The maximum atomic E-state index is 6.12. The molecule has 2 aromatic carbocycles. The van der Waals surface area contributed by atoms with Crippen molar-refractivity contribution in [3.05, 3.63) is 64.8 Å². The van der Waals surface area contributed by atoms with E-state index in [0.29, 0.717) is 5.02 Å². The van der Waals surface area contributed by atoms with Gasteiger partial charge in [0.15, 0.2) is 0 Å². The number of hydrogen-bond donors (Lipinski definition) is 2. The van der Waals surface area contributed by atoms with Gasteiger partial charge in [-0.1, -0.05) is 23.7 Å². The number of hydrazine groups is 1. The maximum absolute atomic E-state index is 6.12. The van der Waals surface area contributed by atoms with Crippen molar-refractivity contribution in [1.29, 1.82) is 0 Å². The molecule has 0 amide bonds. The van der Waals surface area contributed by atoms with Gasteiger partial charge in [-0.3, -0.25) is 4.98 Å². The van der Waals surface area contributed by atoms with Crippen LogP contribution >= 0.6 is 11.6 Å². The number of pyridine rings is 1.